The molecule has 0 aromatic heterocycles. The van der Waals surface area contributed by atoms with Crippen LogP contribution in [0.1, 0.15) is 47.0 Å². The molecule has 0 aromatic rings. The van der Waals surface area contributed by atoms with Gasteiger partial charge in [-0.2, -0.15) is 0 Å². The quantitative estimate of drug-likeness (QED) is 0.621. The lowest BCUT2D eigenvalue weighted by atomic mass is 9.97. The Balaban J connectivity index is 4.31. The summed E-state index contributed by atoms with van der Waals surface area (Å²) in [5.74, 6) is -0.173. The van der Waals surface area contributed by atoms with Crippen molar-refractivity contribution in [1.29, 1.82) is 0 Å². The largest absolute Gasteiger partial charge is 0.457 e. The third kappa shape index (κ3) is 4.09. The number of methoxy groups -OCH3 is 1. The van der Waals surface area contributed by atoms with Crippen LogP contribution in [-0.4, -0.2) is 24.8 Å². The van der Waals surface area contributed by atoms with E-state index in [0.29, 0.717) is 6.42 Å². The van der Waals surface area contributed by atoms with Crippen molar-refractivity contribution in [1.82, 2.24) is 0 Å². The standard InChI is InChI=1S/C11H22O3/c1-6-8-9(13-5)11(3,4)14-10(12)7-2/h9H,6-8H2,1-5H3. The smallest absolute Gasteiger partial charge is 0.306 e. The van der Waals surface area contributed by atoms with E-state index in [4.69, 9.17) is 9.47 Å². The molecule has 1 atom stereocenters. The van der Waals surface area contributed by atoms with Crippen molar-refractivity contribution < 1.29 is 14.3 Å². The lowest BCUT2D eigenvalue weighted by molar-refractivity contribution is -0.170. The maximum atomic E-state index is 11.2. The fourth-order valence-corrected chi connectivity index (χ4v) is 1.44. The highest BCUT2D eigenvalue weighted by molar-refractivity contribution is 5.69. The summed E-state index contributed by atoms with van der Waals surface area (Å²) >= 11 is 0. The molecule has 0 rings (SSSR count). The minimum atomic E-state index is -0.530. The molecule has 0 aliphatic carbocycles. The molecule has 0 aliphatic heterocycles. The van der Waals surface area contributed by atoms with E-state index in [2.05, 4.69) is 6.92 Å². The zero-order valence-electron chi connectivity index (χ0n) is 9.92. The topological polar surface area (TPSA) is 35.5 Å². The van der Waals surface area contributed by atoms with E-state index in [9.17, 15) is 4.79 Å². The van der Waals surface area contributed by atoms with Crippen molar-refractivity contribution in [3.05, 3.63) is 0 Å². The second kappa shape index (κ2) is 6.02. The molecule has 0 saturated carbocycles. The van der Waals surface area contributed by atoms with Gasteiger partial charge in [-0.05, 0) is 20.3 Å². The number of carbonyl (C=O) groups is 1. The number of hydrogen-bond donors (Lipinski definition) is 0. The fraction of sp³-hybridized carbons (Fsp3) is 0.909. The minimum absolute atomic E-state index is 0.0250. The summed E-state index contributed by atoms with van der Waals surface area (Å²) in [6, 6.07) is 0. The van der Waals surface area contributed by atoms with Crippen LogP contribution in [0.25, 0.3) is 0 Å². The van der Waals surface area contributed by atoms with E-state index in [1.54, 1.807) is 14.0 Å². The molecule has 0 N–H and O–H groups in total. The van der Waals surface area contributed by atoms with Crippen LogP contribution >= 0.6 is 0 Å². The Morgan fingerprint density at radius 3 is 2.29 bits per heavy atom. The van der Waals surface area contributed by atoms with E-state index in [1.165, 1.54) is 0 Å². The van der Waals surface area contributed by atoms with Crippen molar-refractivity contribution in [2.24, 2.45) is 0 Å². The first-order valence-corrected chi connectivity index (χ1v) is 5.22. The average molecular weight is 202 g/mol. The van der Waals surface area contributed by atoms with Gasteiger partial charge in [-0.15, -0.1) is 0 Å². The molecule has 84 valence electrons. The fourth-order valence-electron chi connectivity index (χ4n) is 1.44. The zero-order chi connectivity index (χ0) is 11.2. The van der Waals surface area contributed by atoms with Crippen molar-refractivity contribution in [3.63, 3.8) is 0 Å². The second-order valence-corrected chi connectivity index (χ2v) is 3.94. The number of esters is 1. The van der Waals surface area contributed by atoms with Gasteiger partial charge in [-0.1, -0.05) is 20.3 Å². The molecule has 0 radical (unpaired) electrons. The molecule has 3 heteroatoms. The Morgan fingerprint density at radius 1 is 1.36 bits per heavy atom. The van der Waals surface area contributed by atoms with Gasteiger partial charge in [0.05, 0.1) is 6.10 Å². The Bertz CT molecular complexity index is 175. The molecular formula is C11H22O3. The van der Waals surface area contributed by atoms with Crippen LogP contribution in [0.2, 0.25) is 0 Å². The first kappa shape index (κ1) is 13.4. The third-order valence-corrected chi connectivity index (χ3v) is 2.28. The second-order valence-electron chi connectivity index (χ2n) is 3.94. The van der Waals surface area contributed by atoms with E-state index in [1.807, 2.05) is 13.8 Å². The molecule has 0 fully saturated rings. The van der Waals surface area contributed by atoms with Crippen LogP contribution in [0.3, 0.4) is 0 Å². The summed E-state index contributed by atoms with van der Waals surface area (Å²) < 4.78 is 10.7. The lowest BCUT2D eigenvalue weighted by Gasteiger charge is -2.32. The normalized spacial score (nSPS) is 13.8. The van der Waals surface area contributed by atoms with Gasteiger partial charge in [0.25, 0.3) is 0 Å². The van der Waals surface area contributed by atoms with Crippen LogP contribution in [0, 0.1) is 0 Å². The van der Waals surface area contributed by atoms with Crippen LogP contribution in [0.15, 0.2) is 0 Å². The third-order valence-electron chi connectivity index (χ3n) is 2.28. The Morgan fingerprint density at radius 2 is 1.93 bits per heavy atom. The lowest BCUT2D eigenvalue weighted by Crippen LogP contribution is -2.41. The van der Waals surface area contributed by atoms with Crippen molar-refractivity contribution in [2.75, 3.05) is 7.11 Å². The molecule has 3 nitrogen and oxygen atoms in total. The van der Waals surface area contributed by atoms with Gasteiger partial charge in [0, 0.05) is 13.5 Å². The Labute approximate surface area is 86.8 Å². The molecule has 1 unspecified atom stereocenters. The summed E-state index contributed by atoms with van der Waals surface area (Å²) in [5, 5.41) is 0. The van der Waals surface area contributed by atoms with Gasteiger partial charge in [0.2, 0.25) is 0 Å². The molecule has 0 aromatic carbocycles. The van der Waals surface area contributed by atoms with Gasteiger partial charge in [-0.25, -0.2) is 0 Å². The SMILES string of the molecule is CCCC(OC)C(C)(C)OC(=O)CC. The number of rotatable bonds is 6. The van der Waals surface area contributed by atoms with E-state index < -0.39 is 5.60 Å². The molecule has 0 amide bonds. The van der Waals surface area contributed by atoms with Gasteiger partial charge in [-0.3, -0.25) is 4.79 Å². The first-order valence-electron chi connectivity index (χ1n) is 5.22. The summed E-state index contributed by atoms with van der Waals surface area (Å²) in [6.07, 6.45) is 2.31. The predicted molar refractivity (Wildman–Crippen MR) is 56.2 cm³/mol. The molecule has 0 saturated heterocycles. The predicted octanol–water partition coefficient (Wildman–Crippen LogP) is 2.53. The summed E-state index contributed by atoms with van der Waals surface area (Å²) in [6.45, 7) is 7.67. The van der Waals surface area contributed by atoms with E-state index >= 15 is 0 Å². The number of hydrogen-bond acceptors (Lipinski definition) is 3. The molecule has 0 spiro atoms. The highest BCUT2D eigenvalue weighted by Gasteiger charge is 2.32. The number of ether oxygens (including phenoxy) is 2. The summed E-state index contributed by atoms with van der Waals surface area (Å²) in [5.41, 5.74) is -0.530. The Kier molecular flexibility index (Phi) is 5.77. The van der Waals surface area contributed by atoms with Gasteiger partial charge < -0.3 is 9.47 Å². The van der Waals surface area contributed by atoms with Crippen LogP contribution in [-0.2, 0) is 14.3 Å². The molecule has 14 heavy (non-hydrogen) atoms. The van der Waals surface area contributed by atoms with Gasteiger partial charge in [0.15, 0.2) is 0 Å². The van der Waals surface area contributed by atoms with Gasteiger partial charge >= 0.3 is 5.97 Å². The summed E-state index contributed by atoms with van der Waals surface area (Å²) in [7, 11) is 1.65. The highest BCUT2D eigenvalue weighted by Crippen LogP contribution is 2.22. The van der Waals surface area contributed by atoms with Gasteiger partial charge in [0.1, 0.15) is 5.60 Å². The van der Waals surface area contributed by atoms with E-state index in [0.717, 1.165) is 12.8 Å². The Hall–Kier alpha value is -0.570. The first-order chi connectivity index (χ1) is 6.47. The van der Waals surface area contributed by atoms with Crippen LogP contribution in [0.4, 0.5) is 0 Å². The van der Waals surface area contributed by atoms with Crippen molar-refractivity contribution in [3.8, 4) is 0 Å². The minimum Gasteiger partial charge on any atom is -0.457 e. The highest BCUT2D eigenvalue weighted by atomic mass is 16.6. The summed E-state index contributed by atoms with van der Waals surface area (Å²) in [4.78, 5) is 11.2. The van der Waals surface area contributed by atoms with Crippen LogP contribution in [0.5, 0.6) is 0 Å². The van der Waals surface area contributed by atoms with Crippen molar-refractivity contribution >= 4 is 5.97 Å². The molecule has 0 heterocycles. The molecular weight excluding hydrogens is 180 g/mol. The van der Waals surface area contributed by atoms with Crippen LogP contribution < -0.4 is 0 Å². The zero-order valence-corrected chi connectivity index (χ0v) is 9.92. The monoisotopic (exact) mass is 202 g/mol. The maximum absolute atomic E-state index is 11.2. The number of carbonyl (C=O) groups excluding carboxylic acids is 1. The molecule has 0 bridgehead atoms. The van der Waals surface area contributed by atoms with E-state index in [-0.39, 0.29) is 12.1 Å². The molecule has 0 aliphatic rings. The maximum Gasteiger partial charge on any atom is 0.306 e. The van der Waals surface area contributed by atoms with Crippen molar-refractivity contribution in [2.45, 2.75) is 58.7 Å². The average Bonchev–Trinajstić information content (AvgIpc) is 2.12.